The van der Waals surface area contributed by atoms with Crippen molar-refractivity contribution in [3.05, 3.63) is 58.9 Å². The van der Waals surface area contributed by atoms with E-state index in [9.17, 15) is 9.59 Å². The zero-order chi connectivity index (χ0) is 24.2. The Bertz CT molecular complexity index is 1220. The van der Waals surface area contributed by atoms with Crippen molar-refractivity contribution in [2.24, 2.45) is 0 Å². The summed E-state index contributed by atoms with van der Waals surface area (Å²) in [6.07, 6.45) is 1.42. The van der Waals surface area contributed by atoms with E-state index in [-0.39, 0.29) is 25.0 Å². The number of ether oxygens (including phenoxy) is 2. The van der Waals surface area contributed by atoms with Crippen LogP contribution in [0.1, 0.15) is 11.1 Å². The van der Waals surface area contributed by atoms with Crippen LogP contribution in [0.25, 0.3) is 10.9 Å². The number of piperazine rings is 1. The number of nitrogen functional groups attached to an aromatic ring is 1. The smallest absolute Gasteiger partial charge is 0.261 e. The Morgan fingerprint density at radius 1 is 1.21 bits per heavy atom. The van der Waals surface area contributed by atoms with Gasteiger partial charge in [-0.1, -0.05) is 17.7 Å². The topological polar surface area (TPSA) is 111 Å². The number of methoxy groups -OCH3 is 1. The van der Waals surface area contributed by atoms with Gasteiger partial charge >= 0.3 is 0 Å². The summed E-state index contributed by atoms with van der Waals surface area (Å²) in [5, 5.41) is 1.36. The second-order valence-corrected chi connectivity index (χ2v) is 8.56. The van der Waals surface area contributed by atoms with Gasteiger partial charge in [0.25, 0.3) is 5.91 Å². The number of benzene rings is 2. The van der Waals surface area contributed by atoms with Crippen LogP contribution >= 0.6 is 11.6 Å². The molecular weight excluding hydrogens is 458 g/mol. The fraction of sp³-hybridized carbons (Fsp3) is 0.333. The highest BCUT2D eigenvalue weighted by molar-refractivity contribution is 6.30. The van der Waals surface area contributed by atoms with E-state index in [1.807, 2.05) is 25.1 Å². The lowest BCUT2D eigenvalue weighted by Crippen LogP contribution is -2.60. The Morgan fingerprint density at radius 3 is 2.79 bits per heavy atom. The average Bonchev–Trinajstić information content (AvgIpc) is 2.81. The molecule has 1 fully saturated rings. The number of nitrogens with two attached hydrogens (primary N) is 1. The lowest BCUT2D eigenvalue weighted by Gasteiger charge is -2.40. The monoisotopic (exact) mass is 483 g/mol. The van der Waals surface area contributed by atoms with Crippen LogP contribution in [0.2, 0.25) is 5.02 Å². The fourth-order valence-electron chi connectivity index (χ4n) is 4.05. The largest absolute Gasteiger partial charge is 0.483 e. The van der Waals surface area contributed by atoms with Crippen LogP contribution in [0.5, 0.6) is 5.75 Å². The molecule has 2 aromatic carbocycles. The standard InChI is InChI=1S/C24H26ClN5O4/c1-15-9-17(25)4-6-21(15)34-13-22(31)30-8-7-29(24(32)20(30)12-33-2)11-16-3-5-18-19(10-16)27-14-28-23(18)26/h3-6,9-10,14,20H,7-8,11-13H2,1-2H3,(H2,26,27,28)/t20-/m0/s1. The third-order valence-corrected chi connectivity index (χ3v) is 6.06. The van der Waals surface area contributed by atoms with Crippen LogP contribution in [0.3, 0.4) is 0 Å². The van der Waals surface area contributed by atoms with Gasteiger partial charge < -0.3 is 25.0 Å². The van der Waals surface area contributed by atoms with Crippen molar-refractivity contribution >= 4 is 40.1 Å². The van der Waals surface area contributed by atoms with E-state index in [2.05, 4.69) is 9.97 Å². The number of nitrogens with zero attached hydrogens (tertiary/aromatic N) is 4. The summed E-state index contributed by atoms with van der Waals surface area (Å²) < 4.78 is 11.0. The maximum atomic E-state index is 13.3. The first kappa shape index (κ1) is 23.7. The van der Waals surface area contributed by atoms with Crippen LogP contribution < -0.4 is 10.5 Å². The molecule has 0 spiro atoms. The van der Waals surface area contributed by atoms with Crippen LogP contribution in [-0.4, -0.2) is 71.0 Å². The summed E-state index contributed by atoms with van der Waals surface area (Å²) in [5.41, 5.74) is 8.36. The van der Waals surface area contributed by atoms with Gasteiger partial charge in [0.1, 0.15) is 23.9 Å². The van der Waals surface area contributed by atoms with Gasteiger partial charge in [0, 0.05) is 37.2 Å². The van der Waals surface area contributed by atoms with Crippen molar-refractivity contribution in [2.75, 3.05) is 39.1 Å². The molecule has 0 aliphatic carbocycles. The molecule has 2 N–H and O–H groups in total. The highest BCUT2D eigenvalue weighted by atomic mass is 35.5. The summed E-state index contributed by atoms with van der Waals surface area (Å²) in [6, 6.07) is 10.1. The molecule has 10 heteroatoms. The number of aromatic nitrogens is 2. The van der Waals surface area contributed by atoms with E-state index in [1.165, 1.54) is 18.3 Å². The fourth-order valence-corrected chi connectivity index (χ4v) is 4.28. The number of aryl methyl sites for hydroxylation is 1. The van der Waals surface area contributed by atoms with Crippen LogP contribution in [-0.2, 0) is 20.9 Å². The number of anilines is 1. The second kappa shape index (κ2) is 10.2. The summed E-state index contributed by atoms with van der Waals surface area (Å²) in [7, 11) is 1.51. The van der Waals surface area contributed by atoms with Crippen molar-refractivity contribution < 1.29 is 19.1 Å². The molecular formula is C24H26ClN5O4. The minimum Gasteiger partial charge on any atom is -0.483 e. The number of carbonyl (C=O) groups is 2. The second-order valence-electron chi connectivity index (χ2n) is 8.13. The average molecular weight is 484 g/mol. The molecule has 0 bridgehead atoms. The summed E-state index contributed by atoms with van der Waals surface area (Å²) in [5.74, 6) is 0.538. The van der Waals surface area contributed by atoms with Crippen LogP contribution in [0.15, 0.2) is 42.7 Å². The van der Waals surface area contributed by atoms with E-state index in [0.717, 1.165) is 16.5 Å². The number of fused-ring (bicyclic) bond motifs is 1. The van der Waals surface area contributed by atoms with Gasteiger partial charge in [0.05, 0.1) is 12.1 Å². The molecule has 0 saturated carbocycles. The summed E-state index contributed by atoms with van der Waals surface area (Å²) in [6.45, 7) is 2.94. The van der Waals surface area contributed by atoms with Gasteiger partial charge in [0.15, 0.2) is 6.61 Å². The summed E-state index contributed by atoms with van der Waals surface area (Å²) in [4.78, 5) is 37.7. The van der Waals surface area contributed by atoms with E-state index in [0.29, 0.717) is 41.7 Å². The Labute approximate surface area is 202 Å². The molecule has 1 atom stereocenters. The van der Waals surface area contributed by atoms with Crippen LogP contribution in [0, 0.1) is 6.92 Å². The van der Waals surface area contributed by atoms with E-state index < -0.39 is 6.04 Å². The molecule has 2 amide bonds. The van der Waals surface area contributed by atoms with Crippen molar-refractivity contribution in [3.63, 3.8) is 0 Å². The van der Waals surface area contributed by atoms with Gasteiger partial charge in [-0.3, -0.25) is 9.59 Å². The Kier molecular flexibility index (Phi) is 7.14. The van der Waals surface area contributed by atoms with Gasteiger partial charge in [-0.05, 0) is 48.4 Å². The molecule has 0 unspecified atom stereocenters. The molecule has 178 valence electrons. The SMILES string of the molecule is COC[C@H]1C(=O)N(Cc2ccc3c(N)ncnc3c2)CCN1C(=O)COc1ccc(Cl)cc1C. The van der Waals surface area contributed by atoms with Crippen LogP contribution in [0.4, 0.5) is 5.82 Å². The number of halogens is 1. The van der Waals surface area contributed by atoms with Gasteiger partial charge in [-0.25, -0.2) is 9.97 Å². The summed E-state index contributed by atoms with van der Waals surface area (Å²) >= 11 is 5.98. The van der Waals surface area contributed by atoms with Gasteiger partial charge in [-0.15, -0.1) is 0 Å². The molecule has 1 aliphatic heterocycles. The molecule has 34 heavy (non-hydrogen) atoms. The number of rotatable bonds is 7. The quantitative estimate of drug-likeness (QED) is 0.549. The maximum Gasteiger partial charge on any atom is 0.261 e. The molecule has 2 heterocycles. The van der Waals surface area contributed by atoms with Crippen molar-refractivity contribution in [1.29, 1.82) is 0 Å². The maximum absolute atomic E-state index is 13.3. The molecule has 9 nitrogen and oxygen atoms in total. The molecule has 0 radical (unpaired) electrons. The van der Waals surface area contributed by atoms with Crippen molar-refractivity contribution in [2.45, 2.75) is 19.5 Å². The highest BCUT2D eigenvalue weighted by Crippen LogP contribution is 2.23. The van der Waals surface area contributed by atoms with E-state index in [1.54, 1.807) is 23.1 Å². The Morgan fingerprint density at radius 2 is 2.03 bits per heavy atom. The zero-order valence-electron chi connectivity index (χ0n) is 19.0. The van der Waals surface area contributed by atoms with Crippen molar-refractivity contribution in [1.82, 2.24) is 19.8 Å². The highest BCUT2D eigenvalue weighted by Gasteiger charge is 2.37. The van der Waals surface area contributed by atoms with Gasteiger partial charge in [-0.2, -0.15) is 0 Å². The molecule has 1 aliphatic rings. The number of amides is 2. The first-order valence-electron chi connectivity index (χ1n) is 10.8. The first-order chi connectivity index (χ1) is 16.4. The molecule has 1 aromatic heterocycles. The van der Waals surface area contributed by atoms with E-state index >= 15 is 0 Å². The third-order valence-electron chi connectivity index (χ3n) is 5.82. The minimum atomic E-state index is -0.723. The molecule has 4 rings (SSSR count). The molecule has 3 aromatic rings. The number of hydrogen-bond acceptors (Lipinski definition) is 7. The number of hydrogen-bond donors (Lipinski definition) is 1. The van der Waals surface area contributed by atoms with Crippen molar-refractivity contribution in [3.8, 4) is 5.75 Å². The Hall–Kier alpha value is -3.43. The lowest BCUT2D eigenvalue weighted by molar-refractivity contribution is -0.155. The number of carbonyl (C=O) groups excluding carboxylic acids is 2. The lowest BCUT2D eigenvalue weighted by atomic mass is 10.1. The third kappa shape index (κ3) is 5.05. The Balaban J connectivity index is 1.44. The normalized spacial score (nSPS) is 16.2. The predicted molar refractivity (Wildman–Crippen MR) is 128 cm³/mol. The van der Waals surface area contributed by atoms with Gasteiger partial charge in [0.2, 0.25) is 5.91 Å². The predicted octanol–water partition coefficient (Wildman–Crippen LogP) is 2.44. The molecule has 1 saturated heterocycles. The zero-order valence-corrected chi connectivity index (χ0v) is 19.8. The first-order valence-corrected chi connectivity index (χ1v) is 11.2. The minimum absolute atomic E-state index is 0.0997. The van der Waals surface area contributed by atoms with E-state index in [4.69, 9.17) is 26.8 Å².